The van der Waals surface area contributed by atoms with E-state index in [1.807, 2.05) is 0 Å². The second-order valence-electron chi connectivity index (χ2n) is 5.41. The number of carbonyl (C=O) groups excluding carboxylic acids is 1. The highest BCUT2D eigenvalue weighted by Gasteiger charge is 2.06. The van der Waals surface area contributed by atoms with Crippen molar-refractivity contribution in [2.75, 3.05) is 0 Å². The van der Waals surface area contributed by atoms with Crippen LogP contribution in [0.3, 0.4) is 0 Å². The van der Waals surface area contributed by atoms with Crippen molar-refractivity contribution in [1.29, 1.82) is 0 Å². The first kappa shape index (κ1) is 18.1. The minimum absolute atomic E-state index is 0.112. The zero-order valence-corrected chi connectivity index (χ0v) is 15.0. The molecule has 2 aromatic carbocycles. The highest BCUT2D eigenvalue weighted by molar-refractivity contribution is 6.34. The average Bonchev–Trinajstić information content (AvgIpc) is 3.09. The third-order valence-electron chi connectivity index (χ3n) is 3.50. The number of rotatable bonds is 6. The number of phenols is 1. The molecule has 0 saturated carbocycles. The lowest BCUT2D eigenvalue weighted by Gasteiger charge is -2.06. The lowest BCUT2D eigenvalue weighted by Crippen LogP contribution is -1.94. The van der Waals surface area contributed by atoms with Crippen molar-refractivity contribution in [2.45, 2.75) is 6.61 Å². The Kier molecular flexibility index (Phi) is 5.66. The molecule has 0 unspecified atom stereocenters. The van der Waals surface area contributed by atoms with Crippen molar-refractivity contribution in [3.8, 4) is 11.5 Å². The quantitative estimate of drug-likeness (QED) is 0.430. The second kappa shape index (κ2) is 8.13. The van der Waals surface area contributed by atoms with E-state index < -0.39 is 0 Å². The predicted molar refractivity (Wildman–Crippen MR) is 101 cm³/mol. The Morgan fingerprint density at radius 3 is 2.62 bits per heavy atom. The van der Waals surface area contributed by atoms with E-state index in [0.29, 0.717) is 32.9 Å². The van der Waals surface area contributed by atoms with Gasteiger partial charge in [0.15, 0.2) is 5.78 Å². The van der Waals surface area contributed by atoms with Gasteiger partial charge in [-0.2, -0.15) is 0 Å². The molecule has 26 heavy (non-hydrogen) atoms. The van der Waals surface area contributed by atoms with Gasteiger partial charge in [0.2, 0.25) is 0 Å². The van der Waals surface area contributed by atoms with Crippen LogP contribution in [0, 0.1) is 0 Å². The van der Waals surface area contributed by atoms with Crippen LogP contribution in [0.1, 0.15) is 21.9 Å². The normalized spacial score (nSPS) is 11.0. The zero-order valence-electron chi connectivity index (χ0n) is 13.5. The first-order valence-corrected chi connectivity index (χ1v) is 8.45. The van der Waals surface area contributed by atoms with Crippen LogP contribution in [0.4, 0.5) is 0 Å². The van der Waals surface area contributed by atoms with Gasteiger partial charge in [0.1, 0.15) is 29.6 Å². The molecule has 6 heteroatoms. The molecule has 1 aromatic heterocycles. The molecule has 0 spiro atoms. The minimum atomic E-state index is -0.190. The maximum Gasteiger partial charge on any atom is 0.185 e. The van der Waals surface area contributed by atoms with Gasteiger partial charge in [0.25, 0.3) is 0 Å². The Morgan fingerprint density at radius 2 is 1.85 bits per heavy atom. The molecule has 0 saturated heterocycles. The molecule has 0 fully saturated rings. The van der Waals surface area contributed by atoms with Crippen molar-refractivity contribution in [3.05, 3.63) is 87.8 Å². The summed E-state index contributed by atoms with van der Waals surface area (Å²) < 4.78 is 11.2. The van der Waals surface area contributed by atoms with E-state index in [4.69, 9.17) is 32.4 Å². The molecule has 0 aliphatic rings. The van der Waals surface area contributed by atoms with Crippen LogP contribution in [-0.2, 0) is 6.61 Å². The number of aromatic hydroxyl groups is 1. The van der Waals surface area contributed by atoms with Crippen LogP contribution in [0.15, 0.2) is 65.1 Å². The monoisotopic (exact) mass is 388 g/mol. The van der Waals surface area contributed by atoms with Crippen LogP contribution in [0.25, 0.3) is 6.08 Å². The SMILES string of the molecule is O=C(/C=C/c1ccc(COc2cc(Cl)ccc2Cl)o1)c1ccc(O)cc1. The molecule has 0 radical (unpaired) electrons. The van der Waals surface area contributed by atoms with Crippen molar-refractivity contribution in [3.63, 3.8) is 0 Å². The van der Waals surface area contributed by atoms with Gasteiger partial charge in [0, 0.05) is 16.7 Å². The molecule has 3 rings (SSSR count). The van der Waals surface area contributed by atoms with E-state index in [1.165, 1.54) is 18.2 Å². The molecule has 0 aliphatic carbocycles. The Bertz CT molecular complexity index is 943. The number of carbonyl (C=O) groups is 1. The molecule has 0 amide bonds. The summed E-state index contributed by atoms with van der Waals surface area (Å²) in [5.74, 6) is 1.49. The molecule has 132 valence electrons. The standard InChI is InChI=1S/C20H14Cl2O4/c21-14-3-9-18(22)20(11-14)25-12-17-7-6-16(26-17)8-10-19(24)13-1-4-15(23)5-2-13/h1-11,23H,12H2/b10-8+. The number of hydrogen-bond acceptors (Lipinski definition) is 4. The van der Waals surface area contributed by atoms with Gasteiger partial charge in [-0.25, -0.2) is 0 Å². The summed E-state index contributed by atoms with van der Waals surface area (Å²) in [7, 11) is 0. The van der Waals surface area contributed by atoms with Gasteiger partial charge in [-0.05, 0) is 60.7 Å². The molecule has 3 aromatic rings. The van der Waals surface area contributed by atoms with Crippen LogP contribution in [-0.4, -0.2) is 10.9 Å². The van der Waals surface area contributed by atoms with Gasteiger partial charge in [-0.1, -0.05) is 23.2 Å². The maximum atomic E-state index is 12.1. The molecule has 0 atom stereocenters. The number of furan rings is 1. The minimum Gasteiger partial charge on any atom is -0.508 e. The number of ketones is 1. The summed E-state index contributed by atoms with van der Waals surface area (Å²) >= 11 is 12.0. The first-order chi connectivity index (χ1) is 12.5. The number of allylic oxidation sites excluding steroid dienone is 1. The third-order valence-corrected chi connectivity index (χ3v) is 4.04. The smallest absolute Gasteiger partial charge is 0.185 e. The summed E-state index contributed by atoms with van der Waals surface area (Å²) in [6, 6.07) is 14.5. The van der Waals surface area contributed by atoms with E-state index in [9.17, 15) is 9.90 Å². The number of halogens is 2. The van der Waals surface area contributed by atoms with E-state index in [2.05, 4.69) is 0 Å². The van der Waals surface area contributed by atoms with Gasteiger partial charge >= 0.3 is 0 Å². The molecular formula is C20H14Cl2O4. The fraction of sp³-hybridized carbons (Fsp3) is 0.0500. The van der Waals surface area contributed by atoms with E-state index in [0.717, 1.165) is 0 Å². The maximum absolute atomic E-state index is 12.1. The molecule has 1 N–H and O–H groups in total. The lowest BCUT2D eigenvalue weighted by atomic mass is 10.1. The van der Waals surface area contributed by atoms with Gasteiger partial charge in [-0.15, -0.1) is 0 Å². The van der Waals surface area contributed by atoms with E-state index >= 15 is 0 Å². The third kappa shape index (κ3) is 4.69. The summed E-state index contributed by atoms with van der Waals surface area (Å²) in [5, 5.41) is 10.2. The van der Waals surface area contributed by atoms with Crippen LogP contribution < -0.4 is 4.74 Å². The van der Waals surface area contributed by atoms with Crippen LogP contribution in [0.2, 0.25) is 10.0 Å². The predicted octanol–water partition coefficient (Wildman–Crippen LogP) is 5.77. The van der Waals surface area contributed by atoms with Crippen LogP contribution >= 0.6 is 23.2 Å². The number of ether oxygens (including phenoxy) is 1. The summed E-state index contributed by atoms with van der Waals surface area (Å²) in [4.78, 5) is 12.1. The van der Waals surface area contributed by atoms with Crippen molar-refractivity contribution < 1.29 is 19.1 Å². The molecular weight excluding hydrogens is 375 g/mol. The Labute approximate surface area is 160 Å². The van der Waals surface area contributed by atoms with Crippen molar-refractivity contribution in [1.82, 2.24) is 0 Å². The van der Waals surface area contributed by atoms with Crippen molar-refractivity contribution in [2.24, 2.45) is 0 Å². The topological polar surface area (TPSA) is 59.7 Å². The highest BCUT2D eigenvalue weighted by atomic mass is 35.5. The average molecular weight is 389 g/mol. The second-order valence-corrected chi connectivity index (χ2v) is 6.26. The van der Waals surface area contributed by atoms with Crippen molar-refractivity contribution >= 4 is 35.1 Å². The lowest BCUT2D eigenvalue weighted by molar-refractivity contribution is 0.104. The Morgan fingerprint density at radius 1 is 1.08 bits per heavy atom. The molecule has 0 bridgehead atoms. The molecule has 4 nitrogen and oxygen atoms in total. The first-order valence-electron chi connectivity index (χ1n) is 7.69. The Hall–Kier alpha value is -2.69. The number of hydrogen-bond donors (Lipinski definition) is 1. The zero-order chi connectivity index (χ0) is 18.5. The van der Waals surface area contributed by atoms with E-state index in [-0.39, 0.29) is 18.1 Å². The summed E-state index contributed by atoms with van der Waals surface area (Å²) in [6.07, 6.45) is 2.98. The Balaban J connectivity index is 1.61. The fourth-order valence-corrected chi connectivity index (χ4v) is 2.51. The van der Waals surface area contributed by atoms with Gasteiger partial charge in [-0.3, -0.25) is 4.79 Å². The largest absolute Gasteiger partial charge is 0.508 e. The number of phenolic OH excluding ortho intramolecular Hbond substituents is 1. The molecule has 0 aliphatic heterocycles. The fourth-order valence-electron chi connectivity index (χ4n) is 2.18. The van der Waals surface area contributed by atoms with Gasteiger partial charge in [0.05, 0.1) is 5.02 Å². The van der Waals surface area contributed by atoms with Crippen LogP contribution in [0.5, 0.6) is 11.5 Å². The summed E-state index contributed by atoms with van der Waals surface area (Å²) in [6.45, 7) is 0.180. The van der Waals surface area contributed by atoms with Gasteiger partial charge < -0.3 is 14.3 Å². The van der Waals surface area contributed by atoms with E-state index in [1.54, 1.807) is 48.5 Å². The summed E-state index contributed by atoms with van der Waals surface area (Å²) in [5.41, 5.74) is 0.477. The highest BCUT2D eigenvalue weighted by Crippen LogP contribution is 2.28. The number of benzene rings is 2. The molecule has 1 heterocycles.